The van der Waals surface area contributed by atoms with Crippen LogP contribution in [0.1, 0.15) is 42.0 Å². The highest BCUT2D eigenvalue weighted by Crippen LogP contribution is 2.46. The minimum atomic E-state index is -1.91. The van der Waals surface area contributed by atoms with Crippen LogP contribution in [0.4, 0.5) is 0 Å². The fourth-order valence-corrected chi connectivity index (χ4v) is 4.35. The van der Waals surface area contributed by atoms with Crippen molar-refractivity contribution in [2.75, 3.05) is 6.79 Å². The summed E-state index contributed by atoms with van der Waals surface area (Å²) in [5.74, 6) is -0.936. The van der Waals surface area contributed by atoms with Gasteiger partial charge in [-0.15, -0.1) is 0 Å². The van der Waals surface area contributed by atoms with Crippen molar-refractivity contribution in [2.24, 2.45) is 0 Å². The van der Waals surface area contributed by atoms with Gasteiger partial charge in [0.05, 0.1) is 5.57 Å². The van der Waals surface area contributed by atoms with E-state index in [2.05, 4.69) is 26.0 Å². The number of fused-ring (bicyclic) bond motifs is 1. The second-order valence-electron chi connectivity index (χ2n) is 8.54. The van der Waals surface area contributed by atoms with Crippen LogP contribution in [0, 0.1) is 0 Å². The molecule has 33 heavy (non-hydrogen) atoms. The standard InChI is InChI=1S/C27H23ClO5/c1-16(2)18-5-3-17(4-6-18)13-22-25(19-7-12-23-24(14-19)32-15-31-23)26(29)33-27(22,30)20-8-10-21(28)11-9-20/h3-12,14,16,30H,13,15H2,1-2H3. The Morgan fingerprint density at radius 1 is 0.970 bits per heavy atom. The molecule has 0 saturated carbocycles. The zero-order valence-corrected chi connectivity index (χ0v) is 19.1. The predicted molar refractivity (Wildman–Crippen MR) is 125 cm³/mol. The summed E-state index contributed by atoms with van der Waals surface area (Å²) in [4.78, 5) is 13.1. The molecular formula is C27H23ClO5. The molecule has 1 unspecified atom stereocenters. The number of hydrogen-bond acceptors (Lipinski definition) is 5. The van der Waals surface area contributed by atoms with E-state index < -0.39 is 11.8 Å². The van der Waals surface area contributed by atoms with Crippen molar-refractivity contribution in [1.29, 1.82) is 0 Å². The molecule has 5 nitrogen and oxygen atoms in total. The molecule has 0 saturated heterocycles. The minimum absolute atomic E-state index is 0.131. The van der Waals surface area contributed by atoms with Gasteiger partial charge in [-0.3, -0.25) is 0 Å². The summed E-state index contributed by atoms with van der Waals surface area (Å²) in [6.07, 6.45) is 0.326. The number of benzene rings is 3. The first kappa shape index (κ1) is 21.6. The molecule has 2 aliphatic rings. The monoisotopic (exact) mass is 462 g/mol. The van der Waals surface area contributed by atoms with Gasteiger partial charge in [-0.2, -0.15) is 0 Å². The van der Waals surface area contributed by atoms with E-state index in [-0.39, 0.29) is 6.79 Å². The second kappa shape index (κ2) is 8.25. The van der Waals surface area contributed by atoms with Crippen molar-refractivity contribution >= 4 is 23.1 Å². The number of ether oxygens (including phenoxy) is 3. The van der Waals surface area contributed by atoms with Gasteiger partial charge in [-0.1, -0.05) is 67.9 Å². The van der Waals surface area contributed by atoms with Crippen molar-refractivity contribution in [1.82, 2.24) is 0 Å². The third kappa shape index (κ3) is 3.88. The average Bonchev–Trinajstić information content (AvgIpc) is 3.36. The average molecular weight is 463 g/mol. The quantitative estimate of drug-likeness (QED) is 0.501. The summed E-state index contributed by atoms with van der Waals surface area (Å²) < 4.78 is 16.5. The van der Waals surface area contributed by atoms with E-state index in [0.29, 0.717) is 51.1 Å². The Kier molecular flexibility index (Phi) is 5.39. The summed E-state index contributed by atoms with van der Waals surface area (Å²) in [6.45, 7) is 4.40. The van der Waals surface area contributed by atoms with Crippen molar-refractivity contribution in [2.45, 2.75) is 32.0 Å². The topological polar surface area (TPSA) is 65.0 Å². The zero-order chi connectivity index (χ0) is 23.2. The van der Waals surface area contributed by atoms with E-state index in [1.165, 1.54) is 5.56 Å². The first-order valence-corrected chi connectivity index (χ1v) is 11.2. The molecule has 0 aliphatic carbocycles. The Morgan fingerprint density at radius 2 is 1.67 bits per heavy atom. The lowest BCUT2D eigenvalue weighted by atomic mass is 9.87. The lowest BCUT2D eigenvalue weighted by molar-refractivity contribution is -0.185. The van der Waals surface area contributed by atoms with Crippen molar-refractivity contribution in [3.05, 3.63) is 99.6 Å². The third-order valence-corrected chi connectivity index (χ3v) is 6.33. The lowest BCUT2D eigenvalue weighted by Crippen LogP contribution is -2.29. The molecule has 0 bridgehead atoms. The number of halogens is 1. The van der Waals surface area contributed by atoms with Crippen LogP contribution in [0.2, 0.25) is 5.02 Å². The van der Waals surface area contributed by atoms with E-state index in [9.17, 15) is 9.90 Å². The highest BCUT2D eigenvalue weighted by atomic mass is 35.5. The fourth-order valence-electron chi connectivity index (χ4n) is 4.23. The summed E-state index contributed by atoms with van der Waals surface area (Å²) in [7, 11) is 0. The number of carbonyl (C=O) groups excluding carboxylic acids is 1. The predicted octanol–water partition coefficient (Wildman–Crippen LogP) is 5.59. The highest BCUT2D eigenvalue weighted by molar-refractivity contribution is 6.30. The molecule has 3 aromatic rings. The number of carbonyl (C=O) groups is 1. The van der Waals surface area contributed by atoms with Crippen molar-refractivity contribution in [3.8, 4) is 11.5 Å². The Hall–Kier alpha value is -3.28. The van der Waals surface area contributed by atoms with Crippen LogP contribution >= 0.6 is 11.6 Å². The van der Waals surface area contributed by atoms with Gasteiger partial charge >= 0.3 is 5.97 Å². The fraction of sp³-hybridized carbons (Fsp3) is 0.222. The zero-order valence-electron chi connectivity index (χ0n) is 18.3. The van der Waals surface area contributed by atoms with Crippen LogP contribution in [0.15, 0.2) is 72.3 Å². The smallest absolute Gasteiger partial charge is 0.342 e. The van der Waals surface area contributed by atoms with Crippen LogP contribution in [-0.2, 0) is 21.7 Å². The van der Waals surface area contributed by atoms with Crippen LogP contribution in [0.3, 0.4) is 0 Å². The van der Waals surface area contributed by atoms with E-state index in [1.54, 1.807) is 42.5 Å². The Morgan fingerprint density at radius 3 is 2.36 bits per heavy atom. The molecule has 0 amide bonds. The van der Waals surface area contributed by atoms with Gasteiger partial charge in [-0.05, 0) is 46.9 Å². The van der Waals surface area contributed by atoms with Crippen LogP contribution < -0.4 is 9.47 Å². The van der Waals surface area contributed by atoms with Crippen LogP contribution in [0.5, 0.6) is 11.5 Å². The Labute approximate surface area is 197 Å². The molecule has 2 aliphatic heterocycles. The summed E-state index contributed by atoms with van der Waals surface area (Å²) >= 11 is 6.05. The number of aliphatic hydroxyl groups is 1. The van der Waals surface area contributed by atoms with Gasteiger partial charge in [0.2, 0.25) is 6.79 Å². The minimum Gasteiger partial charge on any atom is -0.454 e. The number of esters is 1. The maximum absolute atomic E-state index is 13.1. The molecule has 2 heterocycles. The molecule has 0 aromatic heterocycles. The van der Waals surface area contributed by atoms with Gasteiger partial charge in [0.1, 0.15) is 0 Å². The molecule has 6 heteroatoms. The molecule has 0 fully saturated rings. The van der Waals surface area contributed by atoms with Gasteiger partial charge in [0.15, 0.2) is 11.5 Å². The SMILES string of the molecule is CC(C)c1ccc(CC2=C(c3ccc4c(c3)OCO4)C(=O)OC2(O)c2ccc(Cl)cc2)cc1. The summed E-state index contributed by atoms with van der Waals surface area (Å²) in [5.41, 5.74) is 3.99. The first-order chi connectivity index (χ1) is 15.8. The molecule has 0 radical (unpaired) electrons. The number of rotatable bonds is 5. The molecule has 1 atom stereocenters. The molecule has 1 N–H and O–H groups in total. The summed E-state index contributed by atoms with van der Waals surface area (Å²) in [5, 5.41) is 12.2. The molecule has 0 spiro atoms. The Bertz CT molecular complexity index is 1240. The van der Waals surface area contributed by atoms with Crippen LogP contribution in [-0.4, -0.2) is 17.9 Å². The lowest BCUT2D eigenvalue weighted by Gasteiger charge is -2.26. The van der Waals surface area contributed by atoms with E-state index in [0.717, 1.165) is 5.56 Å². The van der Waals surface area contributed by atoms with Gasteiger partial charge in [0.25, 0.3) is 5.79 Å². The molecule has 3 aromatic carbocycles. The van der Waals surface area contributed by atoms with Gasteiger partial charge in [-0.25, -0.2) is 4.79 Å². The summed E-state index contributed by atoms with van der Waals surface area (Å²) in [6, 6.07) is 20.1. The first-order valence-electron chi connectivity index (χ1n) is 10.8. The Balaban J connectivity index is 1.64. The normalized spacial score (nSPS) is 19.4. The van der Waals surface area contributed by atoms with Crippen molar-refractivity contribution in [3.63, 3.8) is 0 Å². The van der Waals surface area contributed by atoms with Gasteiger partial charge < -0.3 is 19.3 Å². The number of cyclic esters (lactones) is 1. The van der Waals surface area contributed by atoms with Gasteiger partial charge in [0, 0.05) is 22.6 Å². The second-order valence-corrected chi connectivity index (χ2v) is 8.97. The molecule has 5 rings (SSSR count). The van der Waals surface area contributed by atoms with E-state index >= 15 is 0 Å². The maximum atomic E-state index is 13.1. The largest absolute Gasteiger partial charge is 0.454 e. The van der Waals surface area contributed by atoms with E-state index in [1.807, 2.05) is 12.1 Å². The third-order valence-electron chi connectivity index (χ3n) is 6.08. The molecule has 168 valence electrons. The van der Waals surface area contributed by atoms with Crippen LogP contribution in [0.25, 0.3) is 5.57 Å². The number of hydrogen-bond donors (Lipinski definition) is 1. The van der Waals surface area contributed by atoms with Crippen molar-refractivity contribution < 1.29 is 24.1 Å². The maximum Gasteiger partial charge on any atom is 0.342 e. The highest BCUT2D eigenvalue weighted by Gasteiger charge is 2.48. The molecular weight excluding hydrogens is 440 g/mol. The van der Waals surface area contributed by atoms with E-state index in [4.69, 9.17) is 25.8 Å².